The maximum absolute atomic E-state index is 12.6. The van der Waals surface area contributed by atoms with Crippen molar-refractivity contribution >= 4 is 5.91 Å². The molecule has 0 aromatic carbocycles. The Morgan fingerprint density at radius 1 is 1.21 bits per heavy atom. The van der Waals surface area contributed by atoms with Crippen molar-refractivity contribution in [1.29, 1.82) is 0 Å². The Morgan fingerprint density at radius 2 is 1.74 bits per heavy atom. The highest BCUT2D eigenvalue weighted by Crippen LogP contribution is 2.40. The molecule has 0 aliphatic carbocycles. The minimum absolute atomic E-state index is 0.0876. The third-order valence-corrected chi connectivity index (χ3v) is 5.49. The molecule has 0 radical (unpaired) electrons. The molecule has 3 heterocycles. The van der Waals surface area contributed by atoms with Gasteiger partial charge in [-0.15, -0.1) is 0 Å². The predicted molar refractivity (Wildman–Crippen MR) is 76.1 cm³/mol. The molecule has 0 aromatic rings. The summed E-state index contributed by atoms with van der Waals surface area (Å²) in [6, 6.07) is 0. The van der Waals surface area contributed by atoms with Crippen LogP contribution in [0, 0.1) is 5.41 Å². The van der Waals surface area contributed by atoms with Crippen LogP contribution in [0.2, 0.25) is 0 Å². The molecule has 3 aliphatic rings. The van der Waals surface area contributed by atoms with E-state index < -0.39 is 0 Å². The van der Waals surface area contributed by atoms with Crippen molar-refractivity contribution in [3.63, 3.8) is 0 Å². The highest BCUT2D eigenvalue weighted by atomic mass is 16.5. The van der Waals surface area contributed by atoms with Crippen LogP contribution in [0.4, 0.5) is 0 Å². The second-order valence-electron chi connectivity index (χ2n) is 6.15. The van der Waals surface area contributed by atoms with Gasteiger partial charge in [0.25, 0.3) is 0 Å². The Morgan fingerprint density at radius 3 is 2.16 bits per heavy atom. The van der Waals surface area contributed by atoms with Gasteiger partial charge >= 0.3 is 0 Å². The molecule has 1 N–H and O–H groups in total. The Kier molecular flexibility index (Phi) is 4.51. The highest BCUT2D eigenvalue weighted by Gasteiger charge is 2.45. The normalized spacial score (nSPS) is 30.4. The van der Waals surface area contributed by atoms with Crippen molar-refractivity contribution in [3.05, 3.63) is 0 Å². The Labute approximate surface area is 116 Å². The molecule has 0 aromatic heterocycles. The van der Waals surface area contributed by atoms with Crippen molar-refractivity contribution in [2.75, 3.05) is 33.3 Å². The summed E-state index contributed by atoms with van der Waals surface area (Å²) in [7, 11) is 1.75. The van der Waals surface area contributed by atoms with Crippen LogP contribution in [-0.4, -0.2) is 49.7 Å². The zero-order valence-corrected chi connectivity index (χ0v) is 12.6. The van der Waals surface area contributed by atoms with Crippen LogP contribution in [0.3, 0.4) is 0 Å². The summed E-state index contributed by atoms with van der Waals surface area (Å²) < 4.78 is 5.63. The summed E-state index contributed by atoms with van der Waals surface area (Å²) in [6.45, 7) is 8.15. The van der Waals surface area contributed by atoms with Crippen LogP contribution in [0.1, 0.15) is 46.0 Å². The fourth-order valence-electron chi connectivity index (χ4n) is 3.46. The number of hydrogen-bond acceptors (Lipinski definition) is 3. The number of ether oxygens (including phenoxy) is 1. The number of amides is 1. The molecule has 3 rings (SSSR count). The van der Waals surface area contributed by atoms with Gasteiger partial charge in [0.05, 0.1) is 11.0 Å². The first-order chi connectivity index (χ1) is 9.10. The number of hydrogen-bond donors (Lipinski definition) is 1. The van der Waals surface area contributed by atoms with Gasteiger partial charge in [-0.3, -0.25) is 4.79 Å². The number of fused-ring (bicyclic) bond motifs is 3. The molecular formula is C15H28N2O2. The minimum Gasteiger partial charge on any atom is -0.376 e. The molecule has 3 fully saturated rings. The molecule has 19 heavy (non-hydrogen) atoms. The first-order valence-corrected chi connectivity index (χ1v) is 7.65. The zero-order chi connectivity index (χ0) is 13.9. The van der Waals surface area contributed by atoms with Gasteiger partial charge in [-0.25, -0.2) is 0 Å². The third kappa shape index (κ3) is 2.79. The van der Waals surface area contributed by atoms with E-state index in [2.05, 4.69) is 24.1 Å². The van der Waals surface area contributed by atoms with Gasteiger partial charge in [0.2, 0.25) is 5.91 Å². The van der Waals surface area contributed by atoms with Crippen LogP contribution < -0.4 is 5.32 Å². The van der Waals surface area contributed by atoms with E-state index in [0.29, 0.717) is 6.54 Å². The number of nitrogens with zero attached hydrogens (tertiary/aromatic N) is 1. The number of methoxy groups -OCH3 is 1. The average molecular weight is 268 g/mol. The average Bonchev–Trinajstić information content (AvgIpc) is 2.51. The zero-order valence-electron chi connectivity index (χ0n) is 12.6. The SMILES string of the molecule is CCC(CC)(CNC(=O)C12CCN(CC1)CC2)OC. The number of nitrogens with one attached hydrogen (secondary N) is 1. The lowest BCUT2D eigenvalue weighted by molar-refractivity contribution is -0.140. The monoisotopic (exact) mass is 268 g/mol. The van der Waals surface area contributed by atoms with Gasteiger partial charge in [0, 0.05) is 13.7 Å². The molecule has 3 aliphatic heterocycles. The van der Waals surface area contributed by atoms with Crippen molar-refractivity contribution in [2.24, 2.45) is 5.41 Å². The molecule has 0 saturated carbocycles. The van der Waals surface area contributed by atoms with Gasteiger partial charge in [0.1, 0.15) is 0 Å². The maximum Gasteiger partial charge on any atom is 0.226 e. The summed E-state index contributed by atoms with van der Waals surface area (Å²) in [5.74, 6) is 0.259. The van der Waals surface area contributed by atoms with Crippen LogP contribution in [0.5, 0.6) is 0 Å². The molecule has 0 atom stereocenters. The van der Waals surface area contributed by atoms with E-state index in [0.717, 1.165) is 51.7 Å². The molecule has 4 heteroatoms. The van der Waals surface area contributed by atoms with Crippen molar-refractivity contribution in [1.82, 2.24) is 10.2 Å². The highest BCUT2D eigenvalue weighted by molar-refractivity contribution is 5.83. The lowest BCUT2D eigenvalue weighted by atomic mass is 9.71. The molecule has 0 unspecified atom stereocenters. The number of carbonyl (C=O) groups is 1. The van der Waals surface area contributed by atoms with E-state index in [1.165, 1.54) is 0 Å². The summed E-state index contributed by atoms with van der Waals surface area (Å²) in [6.07, 6.45) is 4.94. The lowest BCUT2D eigenvalue weighted by Crippen LogP contribution is -2.56. The third-order valence-electron chi connectivity index (χ3n) is 5.49. The van der Waals surface area contributed by atoms with Crippen LogP contribution >= 0.6 is 0 Å². The van der Waals surface area contributed by atoms with E-state index in [-0.39, 0.29) is 16.9 Å². The summed E-state index contributed by atoms with van der Waals surface area (Å²) >= 11 is 0. The first-order valence-electron chi connectivity index (χ1n) is 7.65. The first kappa shape index (κ1) is 14.8. The van der Waals surface area contributed by atoms with E-state index >= 15 is 0 Å². The molecular weight excluding hydrogens is 240 g/mol. The van der Waals surface area contributed by atoms with Crippen molar-refractivity contribution < 1.29 is 9.53 Å². The van der Waals surface area contributed by atoms with Gasteiger partial charge in [-0.05, 0) is 51.7 Å². The minimum atomic E-state index is -0.193. The number of carbonyl (C=O) groups excluding carboxylic acids is 1. The van der Waals surface area contributed by atoms with Crippen LogP contribution in [0.15, 0.2) is 0 Å². The van der Waals surface area contributed by atoms with E-state index in [4.69, 9.17) is 4.74 Å². The summed E-state index contributed by atoms with van der Waals surface area (Å²) in [5.41, 5.74) is -0.280. The van der Waals surface area contributed by atoms with E-state index in [1.807, 2.05) is 0 Å². The van der Waals surface area contributed by atoms with E-state index in [1.54, 1.807) is 7.11 Å². The largest absolute Gasteiger partial charge is 0.376 e. The van der Waals surface area contributed by atoms with Crippen molar-refractivity contribution in [2.45, 2.75) is 51.6 Å². The standard InChI is InChI=1S/C15H28N2O2/c1-4-15(5-2,19-3)12-16-13(18)14-6-9-17(10-7-14)11-8-14/h4-12H2,1-3H3,(H,16,18). The quantitative estimate of drug-likeness (QED) is 0.798. The number of piperidine rings is 3. The predicted octanol–water partition coefficient (Wildman–Crippen LogP) is 1.79. The van der Waals surface area contributed by atoms with Gasteiger partial charge < -0.3 is 15.0 Å². The van der Waals surface area contributed by atoms with Crippen LogP contribution in [0.25, 0.3) is 0 Å². The van der Waals surface area contributed by atoms with Crippen molar-refractivity contribution in [3.8, 4) is 0 Å². The summed E-state index contributed by atoms with van der Waals surface area (Å²) in [4.78, 5) is 15.0. The van der Waals surface area contributed by atoms with Gasteiger partial charge in [-0.2, -0.15) is 0 Å². The fourth-order valence-corrected chi connectivity index (χ4v) is 3.46. The van der Waals surface area contributed by atoms with Crippen LogP contribution in [-0.2, 0) is 9.53 Å². The Hall–Kier alpha value is -0.610. The number of rotatable bonds is 6. The topological polar surface area (TPSA) is 41.6 Å². The molecule has 110 valence electrons. The second kappa shape index (κ2) is 5.80. The molecule has 2 bridgehead atoms. The molecule has 1 amide bonds. The smallest absolute Gasteiger partial charge is 0.226 e. The molecule has 4 nitrogen and oxygen atoms in total. The van der Waals surface area contributed by atoms with E-state index in [9.17, 15) is 4.79 Å². The Balaban J connectivity index is 1.93. The Bertz CT molecular complexity index is 296. The second-order valence-corrected chi connectivity index (χ2v) is 6.15. The fraction of sp³-hybridized carbons (Fsp3) is 0.933. The van der Waals surface area contributed by atoms with Gasteiger partial charge in [0.15, 0.2) is 0 Å². The van der Waals surface area contributed by atoms with Gasteiger partial charge in [-0.1, -0.05) is 13.8 Å². The molecule has 0 spiro atoms. The lowest BCUT2D eigenvalue weighted by Gasteiger charge is -2.47. The summed E-state index contributed by atoms with van der Waals surface area (Å²) in [5, 5.41) is 3.18. The molecule has 3 saturated heterocycles. The maximum atomic E-state index is 12.6.